The molecule has 1 saturated heterocycles. The number of carbonyl (C=O) groups is 4. The Hall–Kier alpha value is -4.37. The fraction of sp³-hybridized carbons (Fsp3) is 0.267. The van der Waals surface area contributed by atoms with Crippen LogP contribution in [0.25, 0.3) is 0 Å². The molecule has 0 aromatic heterocycles. The van der Waals surface area contributed by atoms with E-state index in [0.29, 0.717) is 22.0 Å². The summed E-state index contributed by atoms with van der Waals surface area (Å²) >= 11 is 12.1. The number of rotatable bonds is 10. The van der Waals surface area contributed by atoms with Gasteiger partial charge in [0.05, 0.1) is 28.4 Å². The Labute approximate surface area is 275 Å². The summed E-state index contributed by atoms with van der Waals surface area (Å²) in [5.41, 5.74) is 1.30. The molecule has 13 nitrogen and oxygen atoms in total. The maximum Gasteiger partial charge on any atom is 0.330 e. The van der Waals surface area contributed by atoms with E-state index >= 15 is 0 Å². The van der Waals surface area contributed by atoms with Crippen molar-refractivity contribution >= 4 is 74.0 Å². The molecule has 2 N–H and O–H groups in total. The monoisotopic (exact) mass is 689 g/mol. The highest BCUT2D eigenvalue weighted by Crippen LogP contribution is 2.33. The van der Waals surface area contributed by atoms with E-state index in [-0.39, 0.29) is 40.2 Å². The number of anilines is 3. The van der Waals surface area contributed by atoms with Crippen LogP contribution in [0.5, 0.6) is 5.75 Å². The van der Waals surface area contributed by atoms with Crippen LogP contribution in [0.3, 0.4) is 0 Å². The number of hydrogen-bond donors (Lipinski definition) is 2. The first-order chi connectivity index (χ1) is 21.9. The van der Waals surface area contributed by atoms with Crippen LogP contribution in [0.1, 0.15) is 12.5 Å². The molecular formula is C30H29Cl2N5O8S. The van der Waals surface area contributed by atoms with Gasteiger partial charge < -0.3 is 19.7 Å². The number of nitrogens with zero attached hydrogens (tertiary/aromatic N) is 3. The zero-order valence-corrected chi connectivity index (χ0v) is 27.1. The molecule has 2 aliphatic rings. The number of para-hydroxylation sites is 1. The lowest BCUT2D eigenvalue weighted by molar-refractivity contribution is -0.147. The summed E-state index contributed by atoms with van der Waals surface area (Å²) in [6.45, 7) is 1.92. The minimum atomic E-state index is -4.27. The Morgan fingerprint density at radius 3 is 2.48 bits per heavy atom. The number of halogens is 2. The SMILES string of the molecule is CCOC1C(=O)N(C(C(=O)Nc2cc(S(=O)(=O)Nc3ccc(Cl)cc3Cl)ccc2OC)C(=O)N2CCc3ccccc32)C(=O)N1C. The van der Waals surface area contributed by atoms with Crippen LogP contribution < -0.4 is 19.7 Å². The smallest absolute Gasteiger partial charge is 0.330 e. The number of amides is 5. The van der Waals surface area contributed by atoms with Gasteiger partial charge in [-0.3, -0.25) is 24.0 Å². The number of methoxy groups -OCH3 is 1. The average molecular weight is 691 g/mol. The second kappa shape index (κ2) is 13.2. The molecule has 2 unspecified atom stereocenters. The second-order valence-corrected chi connectivity index (χ2v) is 12.8. The van der Waals surface area contributed by atoms with Gasteiger partial charge in [-0.25, -0.2) is 18.1 Å². The quantitative estimate of drug-likeness (QED) is 0.240. The zero-order valence-electron chi connectivity index (χ0n) is 24.8. The van der Waals surface area contributed by atoms with Gasteiger partial charge in [0, 0.05) is 30.9 Å². The molecule has 0 saturated carbocycles. The van der Waals surface area contributed by atoms with Crippen LogP contribution in [-0.4, -0.2) is 81.5 Å². The standard InChI is InChI=1S/C30H29Cl2N5O8S/c1-4-45-29-28(40)37(30(41)35(29)2)25(27(39)36-14-13-17-7-5-6-8-23(17)36)26(38)33-22-16-19(10-12-24(22)44-3)46(42,43)34-21-11-9-18(31)15-20(21)32/h5-12,15-16,25,29,34H,4,13-14H2,1-3H3,(H,33,38). The van der Waals surface area contributed by atoms with Crippen LogP contribution in [0, 0.1) is 0 Å². The van der Waals surface area contributed by atoms with Crippen LogP contribution in [0.4, 0.5) is 21.9 Å². The van der Waals surface area contributed by atoms with Crippen molar-refractivity contribution in [2.45, 2.75) is 30.5 Å². The molecule has 2 aliphatic heterocycles. The van der Waals surface area contributed by atoms with Crippen molar-refractivity contribution < 1.29 is 37.1 Å². The van der Waals surface area contributed by atoms with Crippen molar-refractivity contribution in [3.63, 3.8) is 0 Å². The van der Waals surface area contributed by atoms with Crippen molar-refractivity contribution in [3.8, 4) is 5.75 Å². The zero-order chi connectivity index (χ0) is 33.3. The lowest BCUT2D eigenvalue weighted by Gasteiger charge is -2.28. The minimum Gasteiger partial charge on any atom is -0.495 e. The van der Waals surface area contributed by atoms with Gasteiger partial charge in [-0.05, 0) is 61.4 Å². The number of sulfonamides is 1. The van der Waals surface area contributed by atoms with Crippen LogP contribution in [0.15, 0.2) is 65.6 Å². The summed E-state index contributed by atoms with van der Waals surface area (Å²) in [7, 11) is -1.65. The maximum atomic E-state index is 14.1. The Balaban J connectivity index is 1.51. The molecule has 5 rings (SSSR count). The van der Waals surface area contributed by atoms with E-state index in [1.54, 1.807) is 19.1 Å². The lowest BCUT2D eigenvalue weighted by atomic mass is 10.1. The van der Waals surface area contributed by atoms with Crippen molar-refractivity contribution in [1.82, 2.24) is 9.80 Å². The predicted molar refractivity (Wildman–Crippen MR) is 171 cm³/mol. The third kappa shape index (κ3) is 6.20. The van der Waals surface area contributed by atoms with E-state index in [0.717, 1.165) is 16.5 Å². The highest BCUT2D eigenvalue weighted by molar-refractivity contribution is 7.92. The average Bonchev–Trinajstić information content (AvgIpc) is 3.54. The maximum absolute atomic E-state index is 14.1. The van der Waals surface area contributed by atoms with Gasteiger partial charge >= 0.3 is 6.03 Å². The van der Waals surface area contributed by atoms with Gasteiger partial charge in [0.1, 0.15) is 5.75 Å². The molecule has 2 atom stereocenters. The second-order valence-electron chi connectivity index (χ2n) is 10.3. The van der Waals surface area contributed by atoms with E-state index in [4.69, 9.17) is 32.7 Å². The lowest BCUT2D eigenvalue weighted by Crippen LogP contribution is -2.57. The summed E-state index contributed by atoms with van der Waals surface area (Å²) in [6.07, 6.45) is -0.849. The topological polar surface area (TPSA) is 155 Å². The van der Waals surface area contributed by atoms with Gasteiger partial charge in [-0.15, -0.1) is 0 Å². The van der Waals surface area contributed by atoms with Crippen LogP contribution in [-0.2, 0) is 35.6 Å². The normalized spacial score (nSPS) is 16.8. The van der Waals surface area contributed by atoms with Crippen molar-refractivity contribution in [1.29, 1.82) is 0 Å². The molecule has 46 heavy (non-hydrogen) atoms. The summed E-state index contributed by atoms with van der Waals surface area (Å²) < 4.78 is 39.8. The molecule has 0 aliphatic carbocycles. The largest absolute Gasteiger partial charge is 0.495 e. The number of nitrogens with one attached hydrogen (secondary N) is 2. The summed E-state index contributed by atoms with van der Waals surface area (Å²) in [4.78, 5) is 57.6. The van der Waals surface area contributed by atoms with Gasteiger partial charge in [-0.2, -0.15) is 0 Å². The van der Waals surface area contributed by atoms with E-state index < -0.39 is 46.0 Å². The van der Waals surface area contributed by atoms with Gasteiger partial charge in [-0.1, -0.05) is 41.4 Å². The molecule has 0 bridgehead atoms. The minimum absolute atomic E-state index is 0.0397. The van der Waals surface area contributed by atoms with Gasteiger partial charge in [0.2, 0.25) is 6.23 Å². The number of carbonyl (C=O) groups excluding carboxylic acids is 4. The summed E-state index contributed by atoms with van der Waals surface area (Å²) in [5, 5.41) is 2.87. The number of urea groups is 1. The molecule has 16 heteroatoms. The van der Waals surface area contributed by atoms with E-state index in [9.17, 15) is 27.6 Å². The summed E-state index contributed by atoms with van der Waals surface area (Å²) in [5.74, 6) is -2.78. The Bertz CT molecular complexity index is 1840. The molecule has 2 heterocycles. The van der Waals surface area contributed by atoms with E-state index in [2.05, 4.69) is 10.0 Å². The summed E-state index contributed by atoms with van der Waals surface area (Å²) in [6, 6.07) is 12.0. The molecule has 0 radical (unpaired) electrons. The van der Waals surface area contributed by atoms with E-state index in [1.807, 2.05) is 12.1 Å². The van der Waals surface area contributed by atoms with Gasteiger partial charge in [0.15, 0.2) is 6.04 Å². The highest BCUT2D eigenvalue weighted by atomic mass is 35.5. The molecule has 1 fully saturated rings. The first kappa shape index (κ1) is 33.0. The van der Waals surface area contributed by atoms with Crippen LogP contribution >= 0.6 is 23.2 Å². The number of fused-ring (bicyclic) bond motifs is 1. The third-order valence-corrected chi connectivity index (χ3v) is 9.35. The fourth-order valence-corrected chi connectivity index (χ4v) is 6.83. The first-order valence-corrected chi connectivity index (χ1v) is 16.2. The molecular weight excluding hydrogens is 661 g/mol. The fourth-order valence-electron chi connectivity index (χ4n) is 5.21. The Kier molecular flexibility index (Phi) is 9.44. The molecule has 5 amide bonds. The van der Waals surface area contributed by atoms with Crippen LogP contribution in [0.2, 0.25) is 10.0 Å². The van der Waals surface area contributed by atoms with Crippen molar-refractivity contribution in [3.05, 3.63) is 76.3 Å². The van der Waals surface area contributed by atoms with E-state index in [1.165, 1.54) is 49.4 Å². The molecule has 3 aromatic rings. The first-order valence-electron chi connectivity index (χ1n) is 14.0. The Morgan fingerprint density at radius 2 is 1.78 bits per heavy atom. The number of ether oxygens (including phenoxy) is 2. The molecule has 3 aromatic carbocycles. The van der Waals surface area contributed by atoms with Crippen molar-refractivity contribution in [2.24, 2.45) is 0 Å². The van der Waals surface area contributed by atoms with Crippen molar-refractivity contribution in [2.75, 3.05) is 42.2 Å². The number of hydrogen-bond acceptors (Lipinski definition) is 8. The highest BCUT2D eigenvalue weighted by Gasteiger charge is 2.53. The molecule has 0 spiro atoms. The number of benzene rings is 3. The Morgan fingerprint density at radius 1 is 1.04 bits per heavy atom. The number of likely N-dealkylation sites (N-methyl/N-ethyl adjacent to an activating group) is 1. The number of imide groups is 1. The molecule has 242 valence electrons. The third-order valence-electron chi connectivity index (χ3n) is 7.44. The predicted octanol–water partition coefficient (Wildman–Crippen LogP) is 3.96. The van der Waals surface area contributed by atoms with Gasteiger partial charge in [0.25, 0.3) is 27.7 Å².